The van der Waals surface area contributed by atoms with Crippen LogP contribution in [-0.4, -0.2) is 42.0 Å². The number of aromatic nitrogens is 3. The van der Waals surface area contributed by atoms with Crippen molar-refractivity contribution >= 4 is 17.5 Å². The molecule has 2 N–H and O–H groups in total. The lowest BCUT2D eigenvalue weighted by Gasteiger charge is -2.29. The number of amides is 1. The van der Waals surface area contributed by atoms with Gasteiger partial charge in [-0.25, -0.2) is 4.68 Å². The van der Waals surface area contributed by atoms with Crippen molar-refractivity contribution in [3.8, 4) is 28.6 Å². The van der Waals surface area contributed by atoms with Crippen LogP contribution in [-0.2, 0) is 4.79 Å². The first-order valence-corrected chi connectivity index (χ1v) is 11.7. The molecule has 1 unspecified atom stereocenters. The van der Waals surface area contributed by atoms with Crippen LogP contribution in [0.25, 0.3) is 11.4 Å². The number of anilines is 2. The number of hydrogen-bond donors (Lipinski definition) is 2. The molecule has 2 heterocycles. The van der Waals surface area contributed by atoms with Gasteiger partial charge in [0.05, 0.1) is 32.6 Å². The number of nitrogens with one attached hydrogen (secondary N) is 2. The molecule has 0 radical (unpaired) electrons. The summed E-state index contributed by atoms with van der Waals surface area (Å²) in [7, 11) is 4.80. The van der Waals surface area contributed by atoms with Crippen LogP contribution in [0.2, 0.25) is 0 Å². The predicted molar refractivity (Wildman–Crippen MR) is 141 cm³/mol. The fourth-order valence-electron chi connectivity index (χ4n) is 4.42. The van der Waals surface area contributed by atoms with Crippen LogP contribution >= 0.6 is 0 Å². The van der Waals surface area contributed by atoms with E-state index in [1.54, 1.807) is 38.1 Å². The van der Waals surface area contributed by atoms with E-state index in [1.165, 1.54) is 0 Å². The van der Waals surface area contributed by atoms with Gasteiger partial charge in [-0.3, -0.25) is 4.79 Å². The largest absolute Gasteiger partial charge is 0.497 e. The van der Waals surface area contributed by atoms with Crippen molar-refractivity contribution in [3.05, 3.63) is 89.6 Å². The monoisotopic (exact) mass is 497 g/mol. The molecule has 9 nitrogen and oxygen atoms in total. The van der Waals surface area contributed by atoms with Crippen LogP contribution in [0, 0.1) is 0 Å². The predicted octanol–water partition coefficient (Wildman–Crippen LogP) is 4.90. The molecule has 188 valence electrons. The average molecular weight is 498 g/mol. The molecule has 37 heavy (non-hydrogen) atoms. The van der Waals surface area contributed by atoms with Crippen LogP contribution < -0.4 is 24.8 Å². The summed E-state index contributed by atoms with van der Waals surface area (Å²) in [6, 6.07) is 21.8. The Kier molecular flexibility index (Phi) is 6.51. The third kappa shape index (κ3) is 4.47. The van der Waals surface area contributed by atoms with Gasteiger partial charge < -0.3 is 24.8 Å². The molecular formula is C28H27N5O4. The van der Waals surface area contributed by atoms with Gasteiger partial charge in [0.2, 0.25) is 5.95 Å². The molecule has 5 rings (SSSR count). The van der Waals surface area contributed by atoms with Crippen LogP contribution in [0.4, 0.5) is 11.6 Å². The van der Waals surface area contributed by atoms with Crippen LogP contribution in [0.5, 0.6) is 17.2 Å². The quantitative estimate of drug-likeness (QED) is 0.375. The minimum absolute atomic E-state index is 0.294. The van der Waals surface area contributed by atoms with E-state index in [0.717, 1.165) is 16.9 Å². The minimum Gasteiger partial charge on any atom is -0.497 e. The van der Waals surface area contributed by atoms with Gasteiger partial charge in [-0.1, -0.05) is 30.3 Å². The fourth-order valence-corrected chi connectivity index (χ4v) is 4.42. The topological polar surface area (TPSA) is 99.5 Å². The van der Waals surface area contributed by atoms with Gasteiger partial charge >= 0.3 is 0 Å². The molecule has 4 aromatic rings. The van der Waals surface area contributed by atoms with E-state index < -0.39 is 6.04 Å². The highest BCUT2D eigenvalue weighted by Gasteiger charge is 2.36. The van der Waals surface area contributed by atoms with Crippen LogP contribution in [0.3, 0.4) is 0 Å². The third-order valence-electron chi connectivity index (χ3n) is 6.23. The Hall–Kier alpha value is -4.79. The van der Waals surface area contributed by atoms with Gasteiger partial charge in [-0.15, -0.1) is 5.10 Å². The average Bonchev–Trinajstić information content (AvgIpc) is 3.36. The Balaban J connectivity index is 1.61. The number of nitrogens with zero attached hydrogens (tertiary/aromatic N) is 3. The summed E-state index contributed by atoms with van der Waals surface area (Å²) < 4.78 is 18.1. The number of hydrogen-bond acceptors (Lipinski definition) is 7. The smallest absolute Gasteiger partial charge is 0.255 e. The molecule has 0 bridgehead atoms. The maximum absolute atomic E-state index is 13.8. The lowest BCUT2D eigenvalue weighted by Crippen LogP contribution is -2.31. The Labute approximate surface area is 214 Å². The summed E-state index contributed by atoms with van der Waals surface area (Å²) in [6.45, 7) is 1.85. The summed E-state index contributed by atoms with van der Waals surface area (Å²) in [5.74, 6) is 2.69. The zero-order valence-corrected chi connectivity index (χ0v) is 21.0. The highest BCUT2D eigenvalue weighted by molar-refractivity contribution is 6.06. The molecule has 0 saturated carbocycles. The van der Waals surface area contributed by atoms with Gasteiger partial charge in [-0.05, 0) is 49.4 Å². The zero-order valence-electron chi connectivity index (χ0n) is 21.0. The maximum atomic E-state index is 13.8. The fraction of sp³-hybridized carbons (Fsp3) is 0.179. The molecule has 0 spiro atoms. The van der Waals surface area contributed by atoms with E-state index in [9.17, 15) is 4.79 Å². The maximum Gasteiger partial charge on any atom is 0.255 e. The molecule has 1 atom stereocenters. The number of ether oxygens (including phenoxy) is 3. The zero-order chi connectivity index (χ0) is 25.9. The molecule has 0 aliphatic carbocycles. The number of para-hydroxylation sites is 3. The molecule has 1 aliphatic heterocycles. The first kappa shape index (κ1) is 23.9. The summed E-state index contributed by atoms with van der Waals surface area (Å²) in [5.41, 5.74) is 3.31. The highest BCUT2D eigenvalue weighted by Crippen LogP contribution is 2.40. The van der Waals surface area contributed by atoms with Crippen molar-refractivity contribution in [1.29, 1.82) is 0 Å². The summed E-state index contributed by atoms with van der Waals surface area (Å²) in [5, 5.41) is 11.1. The van der Waals surface area contributed by atoms with Gasteiger partial charge in [0.15, 0.2) is 5.82 Å². The van der Waals surface area contributed by atoms with Crippen molar-refractivity contribution < 1.29 is 19.0 Å². The number of allylic oxidation sites excluding steroid dienone is 1. The van der Waals surface area contributed by atoms with Crippen molar-refractivity contribution in [2.24, 2.45) is 0 Å². The van der Waals surface area contributed by atoms with Gasteiger partial charge in [0.25, 0.3) is 5.91 Å². The van der Waals surface area contributed by atoms with Crippen molar-refractivity contribution in [2.45, 2.75) is 13.0 Å². The number of benzene rings is 3. The van der Waals surface area contributed by atoms with E-state index in [4.69, 9.17) is 24.3 Å². The SMILES string of the molecule is COc1ccc(-c2nc3n(n2)C(c2ccccc2OC)C(C(=O)Nc2ccccc2OC)=C(C)N3)cc1. The van der Waals surface area contributed by atoms with E-state index >= 15 is 0 Å². The second kappa shape index (κ2) is 10.1. The highest BCUT2D eigenvalue weighted by atomic mass is 16.5. The Morgan fingerprint density at radius 3 is 2.27 bits per heavy atom. The van der Waals surface area contributed by atoms with Gasteiger partial charge in [0, 0.05) is 16.8 Å². The normalized spacial score (nSPS) is 14.4. The van der Waals surface area contributed by atoms with Crippen LogP contribution in [0.15, 0.2) is 84.1 Å². The van der Waals surface area contributed by atoms with E-state index in [1.807, 2.05) is 67.6 Å². The molecule has 1 aliphatic rings. The van der Waals surface area contributed by atoms with Crippen LogP contribution in [0.1, 0.15) is 18.5 Å². The number of carbonyl (C=O) groups excluding carboxylic acids is 1. The first-order chi connectivity index (χ1) is 18.0. The number of carbonyl (C=O) groups is 1. The molecule has 0 saturated heterocycles. The van der Waals surface area contributed by atoms with E-state index in [0.29, 0.717) is 40.2 Å². The van der Waals surface area contributed by atoms with Crippen molar-refractivity contribution in [3.63, 3.8) is 0 Å². The standard InChI is InChI=1S/C28H27N5O4/c1-17-24(27(34)30-21-10-6-8-12-23(21)37-4)25(20-9-5-7-11-22(20)36-3)33-28(29-17)31-26(32-33)18-13-15-19(35-2)16-14-18/h5-16,25H,1-4H3,(H,30,34)(H,29,31,32). The molecule has 9 heteroatoms. The van der Waals surface area contributed by atoms with Gasteiger partial charge in [0.1, 0.15) is 23.3 Å². The molecular weight excluding hydrogens is 470 g/mol. The Morgan fingerprint density at radius 1 is 0.892 bits per heavy atom. The minimum atomic E-state index is -0.596. The first-order valence-electron chi connectivity index (χ1n) is 11.7. The summed E-state index contributed by atoms with van der Waals surface area (Å²) >= 11 is 0. The van der Waals surface area contributed by atoms with E-state index in [-0.39, 0.29) is 5.91 Å². The van der Waals surface area contributed by atoms with Crippen molar-refractivity contribution in [1.82, 2.24) is 14.8 Å². The second-order valence-electron chi connectivity index (χ2n) is 8.39. The number of rotatable bonds is 7. The number of fused-ring (bicyclic) bond motifs is 1. The lowest BCUT2D eigenvalue weighted by atomic mass is 9.94. The third-order valence-corrected chi connectivity index (χ3v) is 6.23. The lowest BCUT2D eigenvalue weighted by molar-refractivity contribution is -0.113. The summed E-state index contributed by atoms with van der Waals surface area (Å²) in [6.07, 6.45) is 0. The Bertz CT molecular complexity index is 1480. The second-order valence-corrected chi connectivity index (χ2v) is 8.39. The number of methoxy groups -OCH3 is 3. The molecule has 1 amide bonds. The molecule has 3 aromatic carbocycles. The Morgan fingerprint density at radius 2 is 1.57 bits per heavy atom. The van der Waals surface area contributed by atoms with Gasteiger partial charge in [-0.2, -0.15) is 4.98 Å². The van der Waals surface area contributed by atoms with E-state index in [2.05, 4.69) is 10.6 Å². The van der Waals surface area contributed by atoms with Crippen molar-refractivity contribution in [2.75, 3.05) is 32.0 Å². The molecule has 0 fully saturated rings. The summed E-state index contributed by atoms with van der Waals surface area (Å²) in [4.78, 5) is 18.5. The molecule has 1 aromatic heterocycles.